The van der Waals surface area contributed by atoms with E-state index in [1.165, 1.54) is 18.8 Å². The number of aromatic nitrogens is 1. The highest BCUT2D eigenvalue weighted by atomic mass is 32.1. The molecule has 7 heteroatoms. The minimum atomic E-state index is 0.363. The lowest BCUT2D eigenvalue weighted by Gasteiger charge is -2.40. The number of fused-ring (bicyclic) bond motifs is 1. The number of hydrogen-bond acceptors (Lipinski definition) is 7. The topological polar surface area (TPSA) is 49.9 Å². The van der Waals surface area contributed by atoms with Gasteiger partial charge in [-0.25, -0.2) is 4.98 Å². The van der Waals surface area contributed by atoms with E-state index in [-0.39, 0.29) is 0 Å². The van der Waals surface area contributed by atoms with Gasteiger partial charge in [-0.15, -0.1) is 11.3 Å². The Morgan fingerprint density at radius 3 is 2.68 bits per heavy atom. The largest absolute Gasteiger partial charge is 0.497 e. The van der Waals surface area contributed by atoms with Crippen molar-refractivity contribution in [3.8, 4) is 16.3 Å². The number of rotatable bonds is 8. The molecule has 0 aliphatic carbocycles. The van der Waals surface area contributed by atoms with E-state index in [0.717, 1.165) is 72.3 Å². The molecule has 3 heterocycles. The maximum Gasteiger partial charge on any atom is 0.124 e. The van der Waals surface area contributed by atoms with Crippen LogP contribution >= 0.6 is 11.3 Å². The summed E-state index contributed by atoms with van der Waals surface area (Å²) in [7, 11) is 1.70. The Morgan fingerprint density at radius 1 is 1.10 bits per heavy atom. The number of ether oxygens (including phenoxy) is 2. The molecule has 0 amide bonds. The summed E-state index contributed by atoms with van der Waals surface area (Å²) in [5.74, 6) is 0.872. The van der Waals surface area contributed by atoms with Crippen LogP contribution in [0.15, 0.2) is 42.5 Å². The smallest absolute Gasteiger partial charge is 0.124 e. The lowest BCUT2D eigenvalue weighted by Crippen LogP contribution is -2.52. The first-order valence-corrected chi connectivity index (χ1v) is 11.9. The molecule has 5 rings (SSSR count). The van der Waals surface area contributed by atoms with Gasteiger partial charge in [-0.2, -0.15) is 0 Å². The van der Waals surface area contributed by atoms with E-state index in [9.17, 15) is 0 Å². The first kappa shape index (κ1) is 20.7. The van der Waals surface area contributed by atoms with Crippen molar-refractivity contribution in [3.05, 3.63) is 42.5 Å². The van der Waals surface area contributed by atoms with Gasteiger partial charge < -0.3 is 24.6 Å². The van der Waals surface area contributed by atoms with Gasteiger partial charge in [-0.3, -0.25) is 0 Å². The van der Waals surface area contributed by atoms with Crippen molar-refractivity contribution in [2.45, 2.75) is 12.5 Å². The van der Waals surface area contributed by atoms with Gasteiger partial charge >= 0.3 is 0 Å². The Balaban J connectivity index is 1.09. The monoisotopic (exact) mass is 438 g/mol. The summed E-state index contributed by atoms with van der Waals surface area (Å²) in [5.41, 5.74) is 3.43. The molecule has 2 aromatic carbocycles. The molecule has 0 atom stereocenters. The third-order valence-electron chi connectivity index (χ3n) is 6.10. The van der Waals surface area contributed by atoms with E-state index in [4.69, 9.17) is 14.5 Å². The Hall–Kier alpha value is -2.19. The molecule has 0 radical (unpaired) electrons. The first-order valence-electron chi connectivity index (χ1n) is 11.1. The van der Waals surface area contributed by atoms with Crippen molar-refractivity contribution in [3.63, 3.8) is 0 Å². The second-order valence-corrected chi connectivity index (χ2v) is 9.27. The fourth-order valence-electron chi connectivity index (χ4n) is 4.20. The van der Waals surface area contributed by atoms with Gasteiger partial charge in [0.25, 0.3) is 0 Å². The normalized spacial score (nSPS) is 17.8. The first-order chi connectivity index (χ1) is 15.3. The van der Waals surface area contributed by atoms with Crippen molar-refractivity contribution in [1.82, 2.24) is 15.2 Å². The molecule has 1 N–H and O–H groups in total. The molecule has 0 unspecified atom stereocenters. The minimum absolute atomic E-state index is 0.363. The van der Waals surface area contributed by atoms with Crippen LogP contribution in [0.2, 0.25) is 0 Å². The zero-order valence-corrected chi connectivity index (χ0v) is 18.9. The summed E-state index contributed by atoms with van der Waals surface area (Å²) in [6, 6.07) is 14.8. The van der Waals surface area contributed by atoms with Crippen LogP contribution < -0.4 is 15.0 Å². The molecule has 164 valence electrons. The fourth-order valence-corrected chi connectivity index (χ4v) is 5.20. The van der Waals surface area contributed by atoms with Gasteiger partial charge in [0.1, 0.15) is 10.8 Å². The number of piperazine rings is 1. The summed E-state index contributed by atoms with van der Waals surface area (Å²) in [4.78, 5) is 9.68. The van der Waals surface area contributed by atoms with Crippen molar-refractivity contribution in [1.29, 1.82) is 0 Å². The van der Waals surface area contributed by atoms with E-state index >= 15 is 0 Å². The molecule has 0 saturated carbocycles. The molecule has 1 aromatic heterocycles. The van der Waals surface area contributed by atoms with Gasteiger partial charge in [-0.1, -0.05) is 0 Å². The molecule has 2 fully saturated rings. The zero-order chi connectivity index (χ0) is 21.0. The predicted molar refractivity (Wildman–Crippen MR) is 127 cm³/mol. The molecule has 2 aliphatic heterocycles. The predicted octanol–water partition coefficient (Wildman–Crippen LogP) is 3.47. The maximum atomic E-state index is 6.06. The molecule has 2 saturated heterocycles. The average molecular weight is 439 g/mol. The highest BCUT2D eigenvalue weighted by Gasteiger charge is 2.27. The minimum Gasteiger partial charge on any atom is -0.497 e. The average Bonchev–Trinajstić information content (AvgIpc) is 3.22. The third-order valence-corrected chi connectivity index (χ3v) is 7.17. The Morgan fingerprint density at radius 2 is 1.90 bits per heavy atom. The molecular weight excluding hydrogens is 408 g/mol. The second kappa shape index (κ2) is 9.53. The highest BCUT2D eigenvalue weighted by molar-refractivity contribution is 7.21. The van der Waals surface area contributed by atoms with Crippen molar-refractivity contribution in [2.24, 2.45) is 0 Å². The number of benzene rings is 2. The molecular formula is C24H30N4O2S. The van der Waals surface area contributed by atoms with Gasteiger partial charge in [0.05, 0.1) is 23.4 Å². The number of hydrogen-bond donors (Lipinski definition) is 1. The number of methoxy groups -OCH3 is 1. The molecule has 2 aliphatic rings. The van der Waals surface area contributed by atoms with Gasteiger partial charge in [0.2, 0.25) is 0 Å². The molecule has 0 spiro atoms. The fraction of sp³-hybridized carbons (Fsp3) is 0.458. The molecule has 31 heavy (non-hydrogen) atoms. The van der Waals surface area contributed by atoms with Crippen LogP contribution in [-0.4, -0.2) is 75.5 Å². The zero-order valence-electron chi connectivity index (χ0n) is 18.0. The van der Waals surface area contributed by atoms with Gasteiger partial charge in [0.15, 0.2) is 0 Å². The van der Waals surface area contributed by atoms with Crippen LogP contribution in [0.25, 0.3) is 20.8 Å². The lowest BCUT2D eigenvalue weighted by molar-refractivity contribution is 0.0285. The second-order valence-electron chi connectivity index (χ2n) is 8.24. The number of nitrogens with zero attached hydrogens (tertiary/aromatic N) is 3. The summed E-state index contributed by atoms with van der Waals surface area (Å²) in [6.45, 7) is 8.54. The standard InChI is InChI=1S/C24H30N4O2S/c1-29-20-7-8-22-23(15-20)31-24(26-22)18-3-5-19(6-4-18)28-16-21(17-28)30-14-2-11-27-12-9-25-10-13-27/h3-8,15,21,25H,2,9-14,16-17H2,1H3. The molecule has 3 aromatic rings. The Bertz CT molecular complexity index is 994. The highest BCUT2D eigenvalue weighted by Crippen LogP contribution is 2.33. The van der Waals surface area contributed by atoms with Gasteiger partial charge in [0, 0.05) is 63.7 Å². The third kappa shape index (κ3) is 4.85. The van der Waals surface area contributed by atoms with Crippen molar-refractivity contribution in [2.75, 3.05) is 64.4 Å². The Labute approximate surface area is 187 Å². The van der Waals surface area contributed by atoms with E-state index in [1.54, 1.807) is 18.4 Å². The number of thiazole rings is 1. The molecule has 0 bridgehead atoms. The van der Waals surface area contributed by atoms with Crippen molar-refractivity contribution < 1.29 is 9.47 Å². The van der Waals surface area contributed by atoms with E-state index in [1.807, 2.05) is 12.1 Å². The SMILES string of the molecule is COc1ccc2nc(-c3ccc(N4CC(OCCCN5CCNCC5)C4)cc3)sc2c1. The van der Waals surface area contributed by atoms with Crippen LogP contribution in [0.1, 0.15) is 6.42 Å². The summed E-state index contributed by atoms with van der Waals surface area (Å²) >= 11 is 1.70. The van der Waals surface area contributed by atoms with Crippen LogP contribution in [0, 0.1) is 0 Å². The number of nitrogens with one attached hydrogen (secondary N) is 1. The van der Waals surface area contributed by atoms with Crippen molar-refractivity contribution >= 4 is 27.2 Å². The quantitative estimate of drug-likeness (QED) is 0.544. The van der Waals surface area contributed by atoms with Crippen LogP contribution in [0.3, 0.4) is 0 Å². The summed E-state index contributed by atoms with van der Waals surface area (Å²) in [5, 5.41) is 4.44. The van der Waals surface area contributed by atoms with Gasteiger partial charge in [-0.05, 0) is 48.9 Å². The van der Waals surface area contributed by atoms with Crippen LogP contribution in [-0.2, 0) is 4.74 Å². The Kier molecular flexibility index (Phi) is 6.36. The summed E-state index contributed by atoms with van der Waals surface area (Å²) < 4.78 is 12.5. The van der Waals surface area contributed by atoms with E-state index < -0.39 is 0 Å². The maximum absolute atomic E-state index is 6.06. The summed E-state index contributed by atoms with van der Waals surface area (Å²) in [6.07, 6.45) is 1.49. The molecule has 6 nitrogen and oxygen atoms in total. The van der Waals surface area contributed by atoms with E-state index in [0.29, 0.717) is 6.10 Å². The van der Waals surface area contributed by atoms with Crippen LogP contribution in [0.5, 0.6) is 5.75 Å². The number of anilines is 1. The van der Waals surface area contributed by atoms with E-state index in [2.05, 4.69) is 45.4 Å². The lowest BCUT2D eigenvalue weighted by atomic mass is 10.1. The van der Waals surface area contributed by atoms with Crippen LogP contribution in [0.4, 0.5) is 5.69 Å².